The number of nitrogen functional groups attached to an aromatic ring is 1. The first kappa shape index (κ1) is 40.1. The van der Waals surface area contributed by atoms with E-state index in [9.17, 15) is 19.2 Å². The molecule has 4 amide bonds. The van der Waals surface area contributed by atoms with Crippen molar-refractivity contribution in [2.45, 2.75) is 66.7 Å². The Bertz CT molecular complexity index is 2630. The number of nitrogens with zero attached hydrogens (tertiary/aromatic N) is 9. The highest BCUT2D eigenvalue weighted by Crippen LogP contribution is 2.32. The number of nitrogens with one attached hydrogen (secondary N) is 2. The van der Waals surface area contributed by atoms with E-state index in [1.54, 1.807) is 45.9 Å². The number of anilines is 3. The van der Waals surface area contributed by atoms with E-state index in [4.69, 9.17) is 31.7 Å². The van der Waals surface area contributed by atoms with Crippen LogP contribution >= 0.6 is 0 Å². The van der Waals surface area contributed by atoms with Crippen LogP contribution < -0.4 is 32.6 Å². The number of hydrogen-bond acceptors (Lipinski definition) is 12. The maximum atomic E-state index is 13.7. The average Bonchev–Trinajstić information content (AvgIpc) is 3.96. The second-order valence-corrected chi connectivity index (χ2v) is 14.1. The number of amides is 4. The zero-order chi connectivity index (χ0) is 42.0. The Kier molecular flexibility index (Phi) is 11.4. The van der Waals surface area contributed by atoms with Crippen LogP contribution in [0.15, 0.2) is 42.6 Å². The van der Waals surface area contributed by atoms with Gasteiger partial charge >= 0.3 is 0 Å². The number of imidazole rings is 2. The summed E-state index contributed by atoms with van der Waals surface area (Å²) >= 11 is 0. The predicted molar refractivity (Wildman–Crippen MR) is 218 cm³/mol. The van der Waals surface area contributed by atoms with Crippen LogP contribution in [0, 0.1) is 19.8 Å². The van der Waals surface area contributed by atoms with Crippen molar-refractivity contribution in [1.29, 1.82) is 0 Å². The monoisotopic (exact) mass is 806 g/mol. The summed E-state index contributed by atoms with van der Waals surface area (Å²) in [5.41, 5.74) is 21.4. The molecule has 59 heavy (non-hydrogen) atoms. The zero-order valence-corrected chi connectivity index (χ0v) is 33.2. The van der Waals surface area contributed by atoms with Gasteiger partial charge in [-0.25, -0.2) is 15.0 Å². The summed E-state index contributed by atoms with van der Waals surface area (Å²) in [5, 5.41) is 14.6. The fourth-order valence-electron chi connectivity index (χ4n) is 7.01. The topological polar surface area (TPSA) is 273 Å². The van der Waals surface area contributed by atoms with Crippen molar-refractivity contribution in [3.05, 3.63) is 76.5 Å². The van der Waals surface area contributed by atoms with E-state index < -0.39 is 23.6 Å². The van der Waals surface area contributed by atoms with Crippen LogP contribution in [-0.2, 0) is 30.9 Å². The highest BCUT2D eigenvalue weighted by Gasteiger charge is 2.25. The van der Waals surface area contributed by atoms with Crippen molar-refractivity contribution in [3.63, 3.8) is 0 Å². The molecule has 7 rings (SSSR count). The van der Waals surface area contributed by atoms with Gasteiger partial charge in [-0.05, 0) is 70.7 Å². The van der Waals surface area contributed by atoms with Crippen LogP contribution in [0.2, 0.25) is 0 Å². The molecule has 0 spiro atoms. The Morgan fingerprint density at radius 2 is 1.49 bits per heavy atom. The number of rotatable bonds is 15. The number of fused-ring (bicyclic) bond motifs is 2. The molecule has 1 aromatic carbocycles. The van der Waals surface area contributed by atoms with Crippen LogP contribution in [0.1, 0.15) is 79.8 Å². The lowest BCUT2D eigenvalue weighted by atomic mass is 10.0. The van der Waals surface area contributed by atoms with Gasteiger partial charge in [0.15, 0.2) is 5.65 Å². The van der Waals surface area contributed by atoms with Gasteiger partial charge in [-0.15, -0.1) is 0 Å². The largest absolute Gasteiger partial charge is 0.491 e. The van der Waals surface area contributed by atoms with Crippen molar-refractivity contribution in [1.82, 2.24) is 43.6 Å². The number of hydrogen-bond donors (Lipinski definition) is 5. The molecule has 0 radical (unpaired) electrons. The second kappa shape index (κ2) is 16.8. The molecule has 6 heterocycles. The summed E-state index contributed by atoms with van der Waals surface area (Å²) in [6.45, 7) is 10.1. The molecule has 8 N–H and O–H groups in total. The van der Waals surface area contributed by atoms with Crippen molar-refractivity contribution in [3.8, 4) is 5.75 Å². The minimum atomic E-state index is -0.682. The second-order valence-electron chi connectivity index (χ2n) is 14.1. The molecule has 5 aromatic heterocycles. The number of pyridine rings is 1. The summed E-state index contributed by atoms with van der Waals surface area (Å²) in [5.74, 6) is -1.37. The molecule has 0 aliphatic carbocycles. The Balaban J connectivity index is 1.25. The number of aromatic nitrogens is 9. The number of aryl methyl sites for hydroxylation is 4. The van der Waals surface area contributed by atoms with Gasteiger partial charge < -0.3 is 31.2 Å². The highest BCUT2D eigenvalue weighted by atomic mass is 16.5. The first-order valence-corrected chi connectivity index (χ1v) is 19.2. The van der Waals surface area contributed by atoms with Gasteiger partial charge in [0.1, 0.15) is 28.2 Å². The minimum Gasteiger partial charge on any atom is -0.491 e. The summed E-state index contributed by atoms with van der Waals surface area (Å²) in [6.07, 6.45) is 6.65. The molecule has 1 fully saturated rings. The van der Waals surface area contributed by atoms with Crippen molar-refractivity contribution >= 4 is 63.4 Å². The summed E-state index contributed by atoms with van der Waals surface area (Å²) in [7, 11) is 0. The molecule has 1 saturated heterocycles. The molecule has 20 nitrogen and oxygen atoms in total. The van der Waals surface area contributed by atoms with Gasteiger partial charge in [0.25, 0.3) is 11.8 Å². The Hall–Kier alpha value is -7.09. The molecule has 308 valence electrons. The minimum absolute atomic E-state index is 0.135. The molecule has 0 saturated carbocycles. The summed E-state index contributed by atoms with van der Waals surface area (Å²) < 4.78 is 18.5. The number of allylic oxidation sites excluding steroid dienone is 2. The molecular weight excluding hydrogens is 761 g/mol. The number of benzene rings is 1. The van der Waals surface area contributed by atoms with E-state index in [-0.39, 0.29) is 53.4 Å². The van der Waals surface area contributed by atoms with Crippen LogP contribution in [0.4, 0.5) is 17.6 Å². The molecule has 1 aliphatic rings. The fraction of sp³-hybridized carbons (Fsp3) is 0.359. The third-order valence-corrected chi connectivity index (χ3v) is 10.1. The maximum absolute atomic E-state index is 13.7. The third-order valence-electron chi connectivity index (χ3n) is 10.1. The van der Waals surface area contributed by atoms with E-state index in [2.05, 4.69) is 30.8 Å². The molecule has 1 aliphatic heterocycles. The number of nitrogens with two attached hydrogens (primary N) is 3. The lowest BCUT2D eigenvalue weighted by Crippen LogP contribution is -2.22. The number of primary amides is 2. The quantitative estimate of drug-likeness (QED) is 0.0937. The number of carbonyl (C=O) groups excluding carboxylic acids is 4. The molecule has 6 aromatic rings. The smallest absolute Gasteiger partial charge is 0.278 e. The first-order chi connectivity index (χ1) is 28.4. The normalized spacial score (nSPS) is 13.4. The van der Waals surface area contributed by atoms with Gasteiger partial charge in [-0.3, -0.25) is 43.7 Å². The van der Waals surface area contributed by atoms with E-state index in [0.29, 0.717) is 77.9 Å². The third kappa shape index (κ3) is 8.19. The van der Waals surface area contributed by atoms with E-state index in [0.717, 1.165) is 12.8 Å². The predicted octanol–water partition coefficient (Wildman–Crippen LogP) is 3.18. The zero-order valence-electron chi connectivity index (χ0n) is 33.2. The molecule has 0 unspecified atom stereocenters. The Morgan fingerprint density at radius 1 is 0.847 bits per heavy atom. The number of carbonyl (C=O) groups is 4. The lowest BCUT2D eigenvalue weighted by molar-refractivity contribution is 0.0499. The molecular formula is C39H46N14O6. The standard InChI is InChI=1S/C39H46N14O6/c1-5-52-28(15-21(3)48-52)36(56)46-38-44-26-16-24(33(41)54)18-29(59-20-23-9-13-58-14-10-23)31(26)50(38)11-7-8-12-51-35-27(17-25(19-43-35)34(42)55)45-39(51)47-37(57)32-30(40)22(4)49-53(32)6-2/h7-8,15-19,23H,5-6,9-14,20,40H2,1-4H3,(H2,41,54)(H2,42,55)(H,44,46,56)(H,45,47,57)/b8-7+. The average molecular weight is 807 g/mol. The lowest BCUT2D eigenvalue weighted by Gasteiger charge is -2.22. The van der Waals surface area contributed by atoms with Crippen LogP contribution in [-0.4, -0.2) is 87.1 Å². The van der Waals surface area contributed by atoms with E-state index in [1.165, 1.54) is 16.9 Å². The van der Waals surface area contributed by atoms with Gasteiger partial charge in [0.2, 0.25) is 23.7 Å². The maximum Gasteiger partial charge on any atom is 0.278 e. The molecule has 0 bridgehead atoms. The van der Waals surface area contributed by atoms with Crippen LogP contribution in [0.25, 0.3) is 22.2 Å². The molecule has 0 atom stereocenters. The summed E-state index contributed by atoms with van der Waals surface area (Å²) in [6, 6.07) is 6.34. The van der Waals surface area contributed by atoms with E-state index in [1.807, 2.05) is 26.0 Å². The Morgan fingerprint density at radius 3 is 2.19 bits per heavy atom. The van der Waals surface area contributed by atoms with E-state index >= 15 is 0 Å². The number of ether oxygens (including phenoxy) is 2. The Labute approximate surface area is 337 Å². The van der Waals surface area contributed by atoms with Gasteiger partial charge in [-0.1, -0.05) is 12.2 Å². The van der Waals surface area contributed by atoms with Crippen molar-refractivity contribution in [2.24, 2.45) is 17.4 Å². The first-order valence-electron chi connectivity index (χ1n) is 19.2. The van der Waals surface area contributed by atoms with Crippen molar-refractivity contribution < 1.29 is 28.7 Å². The van der Waals surface area contributed by atoms with Gasteiger partial charge in [0, 0.05) is 51.2 Å². The van der Waals surface area contributed by atoms with Gasteiger partial charge in [-0.2, -0.15) is 10.2 Å². The highest BCUT2D eigenvalue weighted by molar-refractivity contribution is 6.07. The van der Waals surface area contributed by atoms with Crippen LogP contribution in [0.3, 0.4) is 0 Å². The summed E-state index contributed by atoms with van der Waals surface area (Å²) in [4.78, 5) is 65.7. The molecule has 20 heteroatoms. The van der Waals surface area contributed by atoms with Gasteiger partial charge in [0.05, 0.1) is 34.8 Å². The van der Waals surface area contributed by atoms with Crippen molar-refractivity contribution in [2.75, 3.05) is 36.2 Å². The SMILES string of the molecule is CCn1nc(C)cc1C(=O)Nc1nc2cc(C(N)=O)cc(OCC3CCOCC3)c2n1C/C=C/Cn1c(NC(=O)c2c(N)c(C)nn2CC)nc2cc(C(N)=O)cnc21. The van der Waals surface area contributed by atoms with Crippen LogP contribution in [0.5, 0.6) is 5.75 Å². The fourth-order valence-corrected chi connectivity index (χ4v) is 7.01.